The maximum Gasteiger partial charge on any atom is 0.227 e. The van der Waals surface area contributed by atoms with Gasteiger partial charge in [-0.2, -0.15) is 0 Å². The summed E-state index contributed by atoms with van der Waals surface area (Å²) >= 11 is 6.11. The van der Waals surface area contributed by atoms with Crippen molar-refractivity contribution in [1.29, 1.82) is 0 Å². The normalized spacial score (nSPS) is 10.4. The van der Waals surface area contributed by atoms with Crippen molar-refractivity contribution in [2.24, 2.45) is 0 Å². The van der Waals surface area contributed by atoms with Crippen LogP contribution in [0.25, 0.3) is 0 Å². The maximum atomic E-state index is 6.11. The molecule has 94 valence electrons. The van der Waals surface area contributed by atoms with Gasteiger partial charge in [0.1, 0.15) is 17.9 Å². The molecular weight excluding hydrogens is 250 g/mol. The van der Waals surface area contributed by atoms with E-state index >= 15 is 0 Å². The number of aryl methyl sites for hydroxylation is 2. The molecule has 0 atom stereocenters. The van der Waals surface area contributed by atoms with Gasteiger partial charge in [-0.15, -0.1) is 0 Å². The van der Waals surface area contributed by atoms with Crippen LogP contribution in [0.5, 0.6) is 11.6 Å². The highest BCUT2D eigenvalue weighted by molar-refractivity contribution is 6.32. The number of nitrogen functional groups attached to an aromatic ring is 1. The molecule has 0 aliphatic heterocycles. The van der Waals surface area contributed by atoms with Crippen LogP contribution >= 0.6 is 11.6 Å². The molecule has 1 heterocycles. The molecule has 0 bridgehead atoms. The topological polar surface area (TPSA) is 61.0 Å². The number of rotatable bonds is 2. The van der Waals surface area contributed by atoms with Gasteiger partial charge in [-0.3, -0.25) is 0 Å². The number of ether oxygens (including phenoxy) is 1. The second-order valence-electron chi connectivity index (χ2n) is 4.16. The van der Waals surface area contributed by atoms with Crippen LogP contribution in [0.3, 0.4) is 0 Å². The molecule has 0 radical (unpaired) electrons. The summed E-state index contributed by atoms with van der Waals surface area (Å²) in [7, 11) is 0. The van der Waals surface area contributed by atoms with Crippen molar-refractivity contribution in [3.05, 3.63) is 40.2 Å². The van der Waals surface area contributed by atoms with Gasteiger partial charge in [-0.1, -0.05) is 11.6 Å². The number of hydrogen-bond acceptors (Lipinski definition) is 4. The number of nitrogens with two attached hydrogens (primary N) is 1. The Bertz CT molecular complexity index is 576. The zero-order valence-corrected chi connectivity index (χ0v) is 11.2. The summed E-state index contributed by atoms with van der Waals surface area (Å²) in [5.74, 6) is 1.57. The average Bonchev–Trinajstić information content (AvgIpc) is 2.32. The number of anilines is 1. The highest BCUT2D eigenvalue weighted by atomic mass is 35.5. The molecule has 2 aromatic rings. The Kier molecular flexibility index (Phi) is 3.39. The van der Waals surface area contributed by atoms with Crippen molar-refractivity contribution < 1.29 is 4.74 Å². The van der Waals surface area contributed by atoms with E-state index in [9.17, 15) is 0 Å². The summed E-state index contributed by atoms with van der Waals surface area (Å²) in [6.45, 7) is 5.69. The van der Waals surface area contributed by atoms with E-state index in [1.165, 1.54) is 6.33 Å². The highest BCUT2D eigenvalue weighted by Gasteiger charge is 2.09. The first-order valence-electron chi connectivity index (χ1n) is 5.50. The minimum atomic E-state index is 0.419. The van der Waals surface area contributed by atoms with Crippen molar-refractivity contribution in [1.82, 2.24) is 9.97 Å². The minimum absolute atomic E-state index is 0.419. The number of benzene rings is 1. The molecule has 2 rings (SSSR count). The van der Waals surface area contributed by atoms with E-state index in [-0.39, 0.29) is 0 Å². The second kappa shape index (κ2) is 4.82. The van der Waals surface area contributed by atoms with Crippen LogP contribution in [0, 0.1) is 20.8 Å². The fourth-order valence-corrected chi connectivity index (χ4v) is 1.74. The summed E-state index contributed by atoms with van der Waals surface area (Å²) in [5, 5.41) is 0.751. The molecule has 1 aromatic carbocycles. The van der Waals surface area contributed by atoms with E-state index in [0.29, 0.717) is 17.4 Å². The first-order chi connectivity index (χ1) is 8.49. The molecule has 0 fully saturated rings. The third kappa shape index (κ3) is 2.38. The predicted octanol–water partition coefficient (Wildman–Crippen LogP) is 3.43. The quantitative estimate of drug-likeness (QED) is 0.902. The van der Waals surface area contributed by atoms with Gasteiger partial charge in [0.05, 0.1) is 5.56 Å². The van der Waals surface area contributed by atoms with Gasteiger partial charge < -0.3 is 10.5 Å². The number of aromatic nitrogens is 2. The van der Waals surface area contributed by atoms with Crippen LogP contribution in [0.15, 0.2) is 18.5 Å². The molecule has 0 spiro atoms. The Morgan fingerprint density at radius 1 is 1.11 bits per heavy atom. The molecule has 18 heavy (non-hydrogen) atoms. The fourth-order valence-electron chi connectivity index (χ4n) is 1.63. The molecular formula is C13H14ClN3O. The lowest BCUT2D eigenvalue weighted by Gasteiger charge is -2.11. The minimum Gasteiger partial charge on any atom is -0.439 e. The molecule has 4 nitrogen and oxygen atoms in total. The second-order valence-corrected chi connectivity index (χ2v) is 4.54. The maximum absolute atomic E-state index is 6.11. The van der Waals surface area contributed by atoms with E-state index in [1.54, 1.807) is 0 Å². The Labute approximate surface area is 111 Å². The van der Waals surface area contributed by atoms with Crippen LogP contribution in [-0.4, -0.2) is 9.97 Å². The van der Waals surface area contributed by atoms with Crippen molar-refractivity contribution >= 4 is 17.4 Å². The molecule has 0 aliphatic carbocycles. The molecule has 0 aliphatic rings. The van der Waals surface area contributed by atoms with Crippen LogP contribution in [-0.2, 0) is 0 Å². The fraction of sp³-hybridized carbons (Fsp3) is 0.231. The summed E-state index contributed by atoms with van der Waals surface area (Å²) < 4.78 is 5.72. The van der Waals surface area contributed by atoms with E-state index in [1.807, 2.05) is 32.9 Å². The Hall–Kier alpha value is -1.81. The number of hydrogen-bond donors (Lipinski definition) is 1. The van der Waals surface area contributed by atoms with Gasteiger partial charge in [0.2, 0.25) is 5.88 Å². The van der Waals surface area contributed by atoms with Crippen LogP contribution in [0.4, 0.5) is 5.82 Å². The van der Waals surface area contributed by atoms with Crippen LogP contribution < -0.4 is 10.5 Å². The lowest BCUT2D eigenvalue weighted by molar-refractivity contribution is 0.457. The monoisotopic (exact) mass is 263 g/mol. The van der Waals surface area contributed by atoms with E-state index in [4.69, 9.17) is 22.1 Å². The van der Waals surface area contributed by atoms with Gasteiger partial charge in [-0.25, -0.2) is 9.97 Å². The van der Waals surface area contributed by atoms with Crippen molar-refractivity contribution in [3.63, 3.8) is 0 Å². The molecule has 2 N–H and O–H groups in total. The van der Waals surface area contributed by atoms with Crippen molar-refractivity contribution in [2.75, 3.05) is 5.73 Å². The number of nitrogens with zero attached hydrogens (tertiary/aromatic N) is 2. The SMILES string of the molecule is Cc1cc(Oc2ncnc(N)c2C)cc(C)c1Cl. The first kappa shape index (κ1) is 12.6. The van der Waals surface area contributed by atoms with Crippen LogP contribution in [0.1, 0.15) is 16.7 Å². The summed E-state index contributed by atoms with van der Waals surface area (Å²) in [4.78, 5) is 7.97. The predicted molar refractivity (Wildman–Crippen MR) is 72.2 cm³/mol. The Balaban J connectivity index is 2.37. The first-order valence-corrected chi connectivity index (χ1v) is 5.88. The summed E-state index contributed by atoms with van der Waals surface area (Å²) in [6.07, 6.45) is 1.38. The summed E-state index contributed by atoms with van der Waals surface area (Å²) in [5.41, 5.74) is 8.36. The van der Waals surface area contributed by atoms with Crippen molar-refractivity contribution in [2.45, 2.75) is 20.8 Å². The van der Waals surface area contributed by atoms with Gasteiger partial charge in [-0.05, 0) is 44.0 Å². The Morgan fingerprint density at radius 2 is 1.72 bits per heavy atom. The van der Waals surface area contributed by atoms with E-state index in [0.717, 1.165) is 21.7 Å². The van der Waals surface area contributed by atoms with Gasteiger partial charge in [0.25, 0.3) is 0 Å². The molecule has 0 saturated heterocycles. The van der Waals surface area contributed by atoms with E-state index in [2.05, 4.69) is 9.97 Å². The highest BCUT2D eigenvalue weighted by Crippen LogP contribution is 2.30. The average molecular weight is 264 g/mol. The third-order valence-electron chi connectivity index (χ3n) is 2.70. The zero-order chi connectivity index (χ0) is 13.3. The molecule has 0 amide bonds. The van der Waals surface area contributed by atoms with Gasteiger partial charge in [0.15, 0.2) is 0 Å². The molecule has 5 heteroatoms. The number of halogens is 1. The van der Waals surface area contributed by atoms with Crippen molar-refractivity contribution in [3.8, 4) is 11.6 Å². The Morgan fingerprint density at radius 3 is 2.33 bits per heavy atom. The summed E-state index contributed by atoms with van der Waals surface area (Å²) in [6, 6.07) is 3.74. The van der Waals surface area contributed by atoms with Gasteiger partial charge >= 0.3 is 0 Å². The lowest BCUT2D eigenvalue weighted by atomic mass is 10.1. The lowest BCUT2D eigenvalue weighted by Crippen LogP contribution is -1.99. The third-order valence-corrected chi connectivity index (χ3v) is 3.30. The molecule has 0 unspecified atom stereocenters. The molecule has 1 aromatic heterocycles. The standard InChI is InChI=1S/C13H14ClN3O/c1-7-4-10(5-8(2)11(7)14)18-13-9(3)12(15)16-6-17-13/h4-6H,1-3H3,(H2,15,16,17). The smallest absolute Gasteiger partial charge is 0.227 e. The zero-order valence-electron chi connectivity index (χ0n) is 10.5. The van der Waals surface area contributed by atoms with Gasteiger partial charge in [0, 0.05) is 5.02 Å². The van der Waals surface area contributed by atoms with E-state index < -0.39 is 0 Å². The molecule has 0 saturated carbocycles. The largest absolute Gasteiger partial charge is 0.439 e. The van der Waals surface area contributed by atoms with Crippen LogP contribution in [0.2, 0.25) is 5.02 Å².